The molecule has 0 spiro atoms. The third kappa shape index (κ3) is 6.93. The van der Waals surface area contributed by atoms with Gasteiger partial charge >= 0.3 is 0 Å². The summed E-state index contributed by atoms with van der Waals surface area (Å²) >= 11 is 8.31. The number of aromatic nitrogens is 3. The number of imidazole rings is 1. The van der Waals surface area contributed by atoms with E-state index in [0.717, 1.165) is 52.0 Å². The van der Waals surface area contributed by atoms with E-state index in [9.17, 15) is 5.26 Å². The fraction of sp³-hybridized carbons (Fsp3) is 0.441. The molecule has 8 nitrogen and oxygen atoms in total. The minimum atomic E-state index is 0.422. The van der Waals surface area contributed by atoms with E-state index in [-0.39, 0.29) is 0 Å². The molecule has 1 saturated heterocycles. The lowest BCUT2D eigenvalue weighted by molar-refractivity contribution is 0.133. The number of hydrogen-bond acceptors (Lipinski definition) is 8. The second-order valence-electron chi connectivity index (χ2n) is 11.2. The lowest BCUT2D eigenvalue weighted by Gasteiger charge is -2.35. The molecular weight excluding hydrogens is 592 g/mol. The van der Waals surface area contributed by atoms with Crippen LogP contribution in [-0.4, -0.2) is 52.3 Å². The Bertz CT molecular complexity index is 1670. The second-order valence-corrected chi connectivity index (χ2v) is 12.6. The van der Waals surface area contributed by atoms with Crippen LogP contribution in [0.2, 0.25) is 5.02 Å². The fourth-order valence-electron chi connectivity index (χ4n) is 5.94. The van der Waals surface area contributed by atoms with Gasteiger partial charge in [0.25, 0.3) is 0 Å². The number of anilines is 2. The van der Waals surface area contributed by atoms with Crippen molar-refractivity contribution in [1.29, 1.82) is 5.26 Å². The van der Waals surface area contributed by atoms with Crippen molar-refractivity contribution in [1.82, 2.24) is 19.4 Å². The molecule has 10 heteroatoms. The highest BCUT2D eigenvalue weighted by molar-refractivity contribution is 7.99. The summed E-state index contributed by atoms with van der Waals surface area (Å²) in [5.41, 5.74) is 4.71. The lowest BCUT2D eigenvalue weighted by atomic mass is 10.00. The largest absolute Gasteiger partial charge is 0.493 e. The summed E-state index contributed by atoms with van der Waals surface area (Å²) in [6.07, 6.45) is 7.64. The van der Waals surface area contributed by atoms with Gasteiger partial charge in [0.15, 0.2) is 16.7 Å². The normalized spacial score (nSPS) is 15.3. The van der Waals surface area contributed by atoms with Gasteiger partial charge in [-0.25, -0.2) is 4.98 Å². The van der Waals surface area contributed by atoms with Crippen molar-refractivity contribution in [3.05, 3.63) is 58.5 Å². The molecule has 0 radical (unpaired) electrons. The Kier molecular flexibility index (Phi) is 10.6. The zero-order valence-electron chi connectivity index (χ0n) is 26.2. The number of rotatable bonds is 12. The summed E-state index contributed by atoms with van der Waals surface area (Å²) in [6.45, 7) is 12.1. The Hall–Kier alpha value is -3.45. The predicted molar refractivity (Wildman–Crippen MR) is 179 cm³/mol. The Labute approximate surface area is 269 Å². The maximum Gasteiger partial charge on any atom is 0.173 e. The van der Waals surface area contributed by atoms with Gasteiger partial charge in [-0.1, -0.05) is 36.7 Å². The first kappa shape index (κ1) is 32.0. The van der Waals surface area contributed by atoms with Crippen LogP contribution in [0, 0.1) is 25.2 Å². The van der Waals surface area contributed by atoms with E-state index in [4.69, 9.17) is 26.1 Å². The van der Waals surface area contributed by atoms with Gasteiger partial charge in [0.2, 0.25) is 0 Å². The summed E-state index contributed by atoms with van der Waals surface area (Å²) in [7, 11) is 1.63. The van der Waals surface area contributed by atoms with E-state index >= 15 is 0 Å². The molecule has 1 fully saturated rings. The number of methoxy groups -OCH3 is 1. The molecule has 3 heterocycles. The van der Waals surface area contributed by atoms with Crippen LogP contribution in [0.4, 0.5) is 11.4 Å². The highest BCUT2D eigenvalue weighted by atomic mass is 35.5. The molecule has 1 N–H and O–H groups in total. The van der Waals surface area contributed by atoms with Crippen LogP contribution in [0.25, 0.3) is 10.9 Å². The SMILES string of the molecule is CCC1CCCCN1CCCOc1cc2ncc(C#N)c(Nc3ccc(Sc4nc(C)c(C)n4CC)c(Cl)c3)c2cc1OC. The predicted octanol–water partition coefficient (Wildman–Crippen LogP) is 8.53. The monoisotopic (exact) mass is 632 g/mol. The van der Waals surface area contributed by atoms with E-state index in [0.29, 0.717) is 45.9 Å². The van der Waals surface area contributed by atoms with E-state index in [1.165, 1.54) is 32.2 Å². The first-order valence-corrected chi connectivity index (χ1v) is 16.6. The molecule has 0 saturated carbocycles. The number of halogens is 1. The van der Waals surface area contributed by atoms with Crippen LogP contribution in [-0.2, 0) is 6.54 Å². The van der Waals surface area contributed by atoms with Crippen molar-refractivity contribution >= 4 is 45.6 Å². The lowest BCUT2D eigenvalue weighted by Crippen LogP contribution is -2.40. The van der Waals surface area contributed by atoms with Gasteiger partial charge in [-0.05, 0) is 77.3 Å². The van der Waals surface area contributed by atoms with E-state index in [1.54, 1.807) is 25.1 Å². The highest BCUT2D eigenvalue weighted by Gasteiger charge is 2.21. The first-order valence-electron chi connectivity index (χ1n) is 15.4. The molecule has 2 aromatic heterocycles. The number of hydrogen-bond donors (Lipinski definition) is 1. The van der Waals surface area contributed by atoms with E-state index in [2.05, 4.69) is 46.6 Å². The summed E-state index contributed by atoms with van der Waals surface area (Å²) < 4.78 is 14.1. The molecular formula is C34H41ClN6O2S. The Morgan fingerprint density at radius 1 is 1.16 bits per heavy atom. The van der Waals surface area contributed by atoms with Gasteiger partial charge in [-0.2, -0.15) is 5.26 Å². The number of fused-ring (bicyclic) bond motifs is 1. The van der Waals surface area contributed by atoms with Gasteiger partial charge in [0.1, 0.15) is 6.07 Å². The van der Waals surface area contributed by atoms with Crippen LogP contribution >= 0.6 is 23.4 Å². The van der Waals surface area contributed by atoms with Crippen molar-refractivity contribution in [3.63, 3.8) is 0 Å². The Morgan fingerprint density at radius 2 is 2.00 bits per heavy atom. The zero-order valence-corrected chi connectivity index (χ0v) is 27.8. The average molecular weight is 633 g/mol. The molecule has 5 rings (SSSR count). The number of likely N-dealkylation sites (tertiary alicyclic amines) is 1. The van der Waals surface area contributed by atoms with Crippen LogP contribution < -0.4 is 14.8 Å². The number of pyridine rings is 1. The molecule has 4 aromatic rings. The maximum atomic E-state index is 9.93. The topological polar surface area (TPSA) is 88.2 Å². The van der Waals surface area contributed by atoms with Crippen molar-refractivity contribution in [2.45, 2.75) is 82.4 Å². The van der Waals surface area contributed by atoms with E-state index in [1.807, 2.05) is 37.3 Å². The summed E-state index contributed by atoms with van der Waals surface area (Å²) in [6, 6.07) is 12.5. The number of nitrogens with one attached hydrogen (secondary N) is 1. The number of nitrogens with zero attached hydrogens (tertiary/aromatic N) is 5. The molecule has 0 amide bonds. The quantitative estimate of drug-likeness (QED) is 0.155. The standard InChI is InChI=1S/C34H41ClN6O2S/c1-6-26-11-8-9-14-40(26)15-10-16-43-31-19-29-27(18-30(31)42-5)33(24(20-36)21-37-29)39-25-12-13-32(28(35)17-25)44-34-38-22(3)23(4)41(34)7-2/h12-13,17-19,21,26H,6-11,14-16H2,1-5H3,(H,37,39). The maximum absolute atomic E-state index is 9.93. The zero-order chi connectivity index (χ0) is 31.2. The highest BCUT2D eigenvalue weighted by Crippen LogP contribution is 2.39. The number of benzene rings is 2. The first-order chi connectivity index (χ1) is 21.4. The van der Waals surface area contributed by atoms with Gasteiger partial charge in [-0.15, -0.1) is 0 Å². The van der Waals surface area contributed by atoms with Gasteiger partial charge < -0.3 is 24.3 Å². The molecule has 1 aliphatic rings. The van der Waals surface area contributed by atoms with Crippen LogP contribution in [0.1, 0.15) is 62.9 Å². The average Bonchev–Trinajstić information content (AvgIpc) is 3.31. The van der Waals surface area contributed by atoms with Crippen LogP contribution in [0.15, 0.2) is 46.6 Å². The molecule has 1 atom stereocenters. The third-order valence-corrected chi connectivity index (χ3v) is 9.98. The minimum Gasteiger partial charge on any atom is -0.493 e. The van der Waals surface area contributed by atoms with Gasteiger partial charge in [0.05, 0.1) is 41.2 Å². The summed E-state index contributed by atoms with van der Waals surface area (Å²) in [5, 5.41) is 15.6. The molecule has 44 heavy (non-hydrogen) atoms. The molecule has 232 valence electrons. The number of piperidine rings is 1. The number of aryl methyl sites for hydroxylation is 1. The second kappa shape index (κ2) is 14.6. The molecule has 2 aromatic carbocycles. The molecule has 1 aliphatic heterocycles. The van der Waals surface area contributed by atoms with Crippen LogP contribution in [0.3, 0.4) is 0 Å². The van der Waals surface area contributed by atoms with Crippen molar-refractivity contribution in [3.8, 4) is 17.6 Å². The summed E-state index contributed by atoms with van der Waals surface area (Å²) in [5.74, 6) is 1.25. The van der Waals surface area contributed by atoms with E-state index < -0.39 is 0 Å². The van der Waals surface area contributed by atoms with Gasteiger partial charge in [-0.3, -0.25) is 4.98 Å². The number of nitriles is 1. The molecule has 0 bridgehead atoms. The van der Waals surface area contributed by atoms with Crippen molar-refractivity contribution < 1.29 is 9.47 Å². The smallest absolute Gasteiger partial charge is 0.173 e. The third-order valence-electron chi connectivity index (χ3n) is 8.48. The van der Waals surface area contributed by atoms with Crippen molar-refractivity contribution in [2.24, 2.45) is 0 Å². The molecule has 1 unspecified atom stereocenters. The molecule has 0 aliphatic carbocycles. The Balaban J connectivity index is 1.34. The fourth-order valence-corrected chi connectivity index (χ4v) is 7.28. The summed E-state index contributed by atoms with van der Waals surface area (Å²) in [4.78, 5) is 12.8. The van der Waals surface area contributed by atoms with Crippen molar-refractivity contribution in [2.75, 3.05) is 32.1 Å². The number of ether oxygens (including phenoxy) is 2. The Morgan fingerprint density at radius 3 is 2.73 bits per heavy atom. The van der Waals surface area contributed by atoms with Gasteiger partial charge in [0, 0.05) is 53.1 Å². The minimum absolute atomic E-state index is 0.422. The van der Waals surface area contributed by atoms with Crippen LogP contribution in [0.5, 0.6) is 11.5 Å².